The molecule has 0 atom stereocenters. The maximum Gasteiger partial charge on any atom is 0.0632 e. The highest BCUT2D eigenvalue weighted by atomic mass is 14.7. The van der Waals surface area contributed by atoms with Gasteiger partial charge in [-0.05, 0) is 33.1 Å². The number of hydrogen-bond acceptors (Lipinski definition) is 1. The van der Waals surface area contributed by atoms with Crippen molar-refractivity contribution in [2.24, 2.45) is 4.99 Å². The van der Waals surface area contributed by atoms with Crippen molar-refractivity contribution in [2.75, 3.05) is 6.54 Å². The Hall–Kier alpha value is -2.41. The third kappa shape index (κ3) is 65.2. The van der Waals surface area contributed by atoms with Crippen LogP contribution in [0.15, 0.2) is 97.6 Å². The third-order valence-electron chi connectivity index (χ3n) is 1.83. The van der Waals surface area contributed by atoms with Gasteiger partial charge in [0.2, 0.25) is 0 Å². The summed E-state index contributed by atoms with van der Waals surface area (Å²) in [5.41, 5.74) is 3.53. The predicted molar refractivity (Wildman–Crippen MR) is 140 cm³/mol. The Kier molecular flexibility index (Phi) is 71.6. The van der Waals surface area contributed by atoms with E-state index < -0.39 is 0 Å². The fourth-order valence-corrected chi connectivity index (χ4v) is 1.00. The molecule has 0 radical (unpaired) electrons. The monoisotopic (exact) mass is 387 g/mol. The summed E-state index contributed by atoms with van der Waals surface area (Å²) >= 11 is 0. The molecule has 1 aromatic carbocycles. The van der Waals surface area contributed by atoms with Crippen molar-refractivity contribution in [2.45, 2.75) is 62.3 Å². The lowest BCUT2D eigenvalue weighted by Crippen LogP contribution is -1.80. The first-order valence-corrected chi connectivity index (χ1v) is 9.98. The van der Waals surface area contributed by atoms with Crippen LogP contribution in [0.4, 0.5) is 0 Å². The fraction of sp³-hybridized carbons (Fsp3) is 0.370. The van der Waals surface area contributed by atoms with Gasteiger partial charge < -0.3 is 0 Å². The number of rotatable bonds is 4. The molecule has 0 spiro atoms. The molecule has 0 heterocycles. The molecule has 1 aromatic rings. The molecule has 1 nitrogen and oxygen atoms in total. The minimum atomic E-state index is 0.621. The Bertz CT molecular complexity index is 435. The Balaban J connectivity index is -0.0000000568. The van der Waals surface area contributed by atoms with Crippen LogP contribution < -0.4 is 0 Å². The smallest absolute Gasteiger partial charge is 0.0632 e. The third-order valence-corrected chi connectivity index (χ3v) is 1.83. The molecule has 0 fully saturated rings. The molecule has 162 valence electrons. The molecule has 0 unspecified atom stereocenters. The van der Waals surface area contributed by atoms with Crippen LogP contribution in [0.5, 0.6) is 0 Å². The van der Waals surface area contributed by atoms with Crippen molar-refractivity contribution in [1.82, 2.24) is 0 Å². The molecule has 0 saturated heterocycles. The zero-order valence-electron chi connectivity index (χ0n) is 20.5. The number of benzene rings is 1. The number of hydrogen-bond donors (Lipinski definition) is 0. The van der Waals surface area contributed by atoms with E-state index in [9.17, 15) is 0 Å². The number of aryl methyl sites for hydroxylation is 1. The zero-order chi connectivity index (χ0) is 23.8. The Morgan fingerprint density at radius 2 is 1.25 bits per heavy atom. The summed E-state index contributed by atoms with van der Waals surface area (Å²) in [6.45, 7) is 38.7. The zero-order valence-corrected chi connectivity index (χ0v) is 20.5. The van der Waals surface area contributed by atoms with Crippen LogP contribution in [-0.4, -0.2) is 13.3 Å². The van der Waals surface area contributed by atoms with Crippen LogP contribution in [0.1, 0.15) is 61.0 Å². The van der Waals surface area contributed by atoms with Gasteiger partial charge in [-0.1, -0.05) is 114 Å². The molecule has 0 aliphatic carbocycles. The molecule has 0 amide bonds. The predicted octanol–water partition coefficient (Wildman–Crippen LogP) is 9.44. The van der Waals surface area contributed by atoms with E-state index in [2.05, 4.69) is 63.7 Å². The van der Waals surface area contributed by atoms with E-state index in [0.29, 0.717) is 6.54 Å². The van der Waals surface area contributed by atoms with Crippen LogP contribution >= 0.6 is 0 Å². The van der Waals surface area contributed by atoms with Crippen molar-refractivity contribution in [3.05, 3.63) is 98.2 Å². The second-order valence-electron chi connectivity index (χ2n) is 4.42. The molecular weight excluding hydrogens is 338 g/mol. The molecular formula is C27H49N. The maximum atomic E-state index is 3.69. The van der Waals surface area contributed by atoms with Gasteiger partial charge in [0.1, 0.15) is 0 Å². The molecule has 28 heavy (non-hydrogen) atoms. The highest BCUT2D eigenvalue weighted by molar-refractivity contribution is 5.29. The summed E-state index contributed by atoms with van der Waals surface area (Å²) in [5.74, 6) is 0. The summed E-state index contributed by atoms with van der Waals surface area (Å²) < 4.78 is 0. The standard InChI is InChI=1S/C8H11N.C7H8.C4H8.3C2H6.C2H4/c1-4-6-8(5-2)7-9-3;1-7-5-3-2-4-6-7;1-4(2)3;4*1-2/h4-6H,1-3,7H2;2-6H,1H3;1H2,2-3H3;3*1-2H3;1-2H2/b8-6+;;;;;;. The van der Waals surface area contributed by atoms with Gasteiger partial charge in [0.15, 0.2) is 0 Å². The summed E-state index contributed by atoms with van der Waals surface area (Å²) in [5, 5.41) is 0. The van der Waals surface area contributed by atoms with Gasteiger partial charge in [-0.3, -0.25) is 4.99 Å². The van der Waals surface area contributed by atoms with Crippen molar-refractivity contribution in [3.63, 3.8) is 0 Å². The molecule has 0 bridgehead atoms. The van der Waals surface area contributed by atoms with Gasteiger partial charge in [-0.15, -0.1) is 19.7 Å². The molecule has 0 aliphatic rings. The minimum Gasteiger partial charge on any atom is -0.296 e. The second kappa shape index (κ2) is 49.7. The average molecular weight is 388 g/mol. The molecule has 0 aromatic heterocycles. The molecule has 1 heteroatoms. The lowest BCUT2D eigenvalue weighted by molar-refractivity contribution is 1.20. The van der Waals surface area contributed by atoms with Gasteiger partial charge in [0.25, 0.3) is 0 Å². The van der Waals surface area contributed by atoms with Gasteiger partial charge in [-0.2, -0.15) is 0 Å². The van der Waals surface area contributed by atoms with Crippen LogP contribution in [0.25, 0.3) is 0 Å². The van der Waals surface area contributed by atoms with Crippen molar-refractivity contribution in [3.8, 4) is 0 Å². The van der Waals surface area contributed by atoms with E-state index in [1.54, 1.807) is 12.2 Å². The van der Waals surface area contributed by atoms with Gasteiger partial charge >= 0.3 is 0 Å². The van der Waals surface area contributed by atoms with Crippen molar-refractivity contribution >= 4 is 6.72 Å². The van der Waals surface area contributed by atoms with Crippen molar-refractivity contribution in [1.29, 1.82) is 0 Å². The number of aliphatic imine (C=N–C) groups is 1. The quantitative estimate of drug-likeness (QED) is 0.277. The van der Waals surface area contributed by atoms with E-state index in [1.807, 2.05) is 79.7 Å². The maximum absolute atomic E-state index is 3.69. The van der Waals surface area contributed by atoms with E-state index in [-0.39, 0.29) is 0 Å². The van der Waals surface area contributed by atoms with E-state index >= 15 is 0 Å². The molecule has 0 saturated carbocycles. The number of allylic oxidation sites excluding steroid dienone is 3. The minimum absolute atomic E-state index is 0.621. The fourth-order valence-electron chi connectivity index (χ4n) is 1.00. The average Bonchev–Trinajstić information content (AvgIpc) is 2.74. The summed E-state index contributed by atoms with van der Waals surface area (Å²) in [6, 6.07) is 10.3. The first kappa shape index (κ1) is 40.3. The Morgan fingerprint density at radius 1 is 0.893 bits per heavy atom. The van der Waals surface area contributed by atoms with Crippen molar-refractivity contribution < 1.29 is 0 Å². The van der Waals surface area contributed by atoms with Crippen LogP contribution in [-0.2, 0) is 0 Å². The lowest BCUT2D eigenvalue weighted by atomic mass is 10.2. The number of nitrogens with zero attached hydrogens (tertiary/aromatic N) is 1. The topological polar surface area (TPSA) is 12.4 Å². The Labute approximate surface area is 179 Å². The molecule has 0 N–H and O–H groups in total. The highest BCUT2D eigenvalue weighted by Crippen LogP contribution is 1.94. The van der Waals surface area contributed by atoms with Crippen LogP contribution in [0.3, 0.4) is 0 Å². The summed E-state index contributed by atoms with van der Waals surface area (Å²) in [7, 11) is 0. The SMILES string of the molecule is C=C.C=C(C)C.C=C/C=C(\C=C)CN=C.CC.CC.CC.Cc1ccccc1. The van der Waals surface area contributed by atoms with Crippen LogP contribution in [0, 0.1) is 6.92 Å². The van der Waals surface area contributed by atoms with Gasteiger partial charge in [0, 0.05) is 0 Å². The first-order valence-electron chi connectivity index (χ1n) is 9.98. The largest absolute Gasteiger partial charge is 0.296 e. The lowest BCUT2D eigenvalue weighted by Gasteiger charge is -1.90. The summed E-state index contributed by atoms with van der Waals surface area (Å²) in [4.78, 5) is 3.69. The summed E-state index contributed by atoms with van der Waals surface area (Å²) in [6.07, 6.45) is 5.32. The molecule has 1 rings (SSSR count). The van der Waals surface area contributed by atoms with Gasteiger partial charge in [0.05, 0.1) is 6.54 Å². The van der Waals surface area contributed by atoms with Crippen LogP contribution in [0.2, 0.25) is 0 Å². The van der Waals surface area contributed by atoms with Gasteiger partial charge in [-0.25, -0.2) is 0 Å². The Morgan fingerprint density at radius 3 is 1.43 bits per heavy atom. The van der Waals surface area contributed by atoms with E-state index in [4.69, 9.17) is 0 Å². The normalized spacial score (nSPS) is 7.25. The second-order valence-corrected chi connectivity index (χ2v) is 4.42. The van der Waals surface area contributed by atoms with E-state index in [1.165, 1.54) is 11.1 Å². The highest BCUT2D eigenvalue weighted by Gasteiger charge is 1.82. The first-order chi connectivity index (χ1) is 13.5. The molecule has 0 aliphatic heterocycles. The van der Waals surface area contributed by atoms with E-state index in [0.717, 1.165) is 5.57 Å².